The molecule has 0 spiro atoms. The van der Waals surface area contributed by atoms with E-state index in [0.29, 0.717) is 22.4 Å². The number of aromatic nitrogens is 3. The molecule has 8 nitrogen and oxygen atoms in total. The van der Waals surface area contributed by atoms with Crippen LogP contribution >= 0.6 is 11.6 Å². The van der Waals surface area contributed by atoms with Gasteiger partial charge in [0.05, 0.1) is 22.6 Å². The number of fused-ring (bicyclic) bond motifs is 2. The molecule has 0 aliphatic heterocycles. The van der Waals surface area contributed by atoms with Crippen LogP contribution in [0.4, 0.5) is 5.69 Å². The summed E-state index contributed by atoms with van der Waals surface area (Å²) >= 11 is 5.94. The molecule has 0 aliphatic rings. The molecule has 0 fully saturated rings. The lowest BCUT2D eigenvalue weighted by Crippen LogP contribution is -2.18. The number of hydrogen-bond acceptors (Lipinski definition) is 6. The number of hydrogen-bond donors (Lipinski definition) is 2. The predicted molar refractivity (Wildman–Crippen MR) is 137 cm³/mol. The average Bonchev–Trinajstić information content (AvgIpc) is 3.19. The molecule has 1 amide bonds. The highest BCUT2D eigenvalue weighted by Gasteiger charge is 2.19. The number of primary amides is 1. The molecule has 9 heteroatoms. The van der Waals surface area contributed by atoms with E-state index >= 15 is 0 Å². The molecule has 176 valence electrons. The summed E-state index contributed by atoms with van der Waals surface area (Å²) in [6, 6.07) is 13.9. The van der Waals surface area contributed by atoms with Gasteiger partial charge in [-0.1, -0.05) is 17.7 Å². The van der Waals surface area contributed by atoms with Crippen LogP contribution in [0.3, 0.4) is 0 Å². The fraction of sp³-hybridized carbons (Fsp3) is 0.154. The van der Waals surface area contributed by atoms with Crippen LogP contribution < -0.4 is 16.5 Å². The molecule has 0 aliphatic carbocycles. The van der Waals surface area contributed by atoms with Crippen molar-refractivity contribution in [2.24, 2.45) is 12.8 Å². The van der Waals surface area contributed by atoms with Gasteiger partial charge < -0.3 is 15.5 Å². The first-order chi connectivity index (χ1) is 16.7. The number of nitrogens with two attached hydrogens (primary N) is 1. The van der Waals surface area contributed by atoms with E-state index in [2.05, 4.69) is 15.4 Å². The summed E-state index contributed by atoms with van der Waals surface area (Å²) in [6.07, 6.45) is 1.91. The zero-order valence-corrected chi connectivity index (χ0v) is 20.1. The quantitative estimate of drug-likeness (QED) is 0.338. The molecule has 0 saturated carbocycles. The third kappa shape index (κ3) is 4.24. The number of anilines is 1. The Balaban J connectivity index is 1.63. The lowest BCUT2D eigenvalue weighted by molar-refractivity contribution is 0.0996. The third-order valence-electron chi connectivity index (χ3n) is 5.84. The molecular weight excluding hydrogens is 466 g/mol. The van der Waals surface area contributed by atoms with E-state index in [1.54, 1.807) is 16.8 Å². The molecule has 3 aromatic heterocycles. The van der Waals surface area contributed by atoms with Crippen molar-refractivity contribution < 1.29 is 9.21 Å². The summed E-state index contributed by atoms with van der Waals surface area (Å²) < 4.78 is 8.07. The first kappa shape index (κ1) is 22.6. The monoisotopic (exact) mass is 487 g/mol. The molecule has 3 heterocycles. The summed E-state index contributed by atoms with van der Waals surface area (Å²) in [7, 11) is 1.86. The second kappa shape index (κ2) is 8.56. The molecule has 2 aromatic carbocycles. The highest BCUT2D eigenvalue weighted by atomic mass is 35.5. The van der Waals surface area contributed by atoms with Gasteiger partial charge in [-0.3, -0.25) is 14.3 Å². The number of carbonyl (C=O) groups excluding carboxylic acids is 1. The van der Waals surface area contributed by atoms with Crippen molar-refractivity contribution in [2.75, 3.05) is 5.32 Å². The van der Waals surface area contributed by atoms with Gasteiger partial charge in [0.2, 0.25) is 0 Å². The number of amides is 1. The summed E-state index contributed by atoms with van der Waals surface area (Å²) in [5, 5.41) is 9.25. The van der Waals surface area contributed by atoms with E-state index in [-0.39, 0.29) is 22.3 Å². The number of rotatable bonds is 5. The molecule has 35 heavy (non-hydrogen) atoms. The van der Waals surface area contributed by atoms with Gasteiger partial charge >= 0.3 is 0 Å². The Hall–Kier alpha value is -4.17. The maximum Gasteiger partial charge on any atom is 0.269 e. The van der Waals surface area contributed by atoms with Gasteiger partial charge in [-0.2, -0.15) is 5.10 Å². The number of aryl methyl sites for hydroxylation is 2. The van der Waals surface area contributed by atoms with Crippen molar-refractivity contribution in [3.8, 4) is 11.3 Å². The molecule has 0 radical (unpaired) electrons. The van der Waals surface area contributed by atoms with Crippen LogP contribution in [0, 0.1) is 6.92 Å². The van der Waals surface area contributed by atoms with Gasteiger partial charge in [-0.05, 0) is 55.8 Å². The second-order valence-electron chi connectivity index (χ2n) is 8.54. The van der Waals surface area contributed by atoms with Crippen LogP contribution in [-0.2, 0) is 7.05 Å². The van der Waals surface area contributed by atoms with Gasteiger partial charge in [0.25, 0.3) is 5.91 Å². The Morgan fingerprint density at radius 3 is 2.74 bits per heavy atom. The number of nitrogens with zero attached hydrogens (tertiary/aromatic N) is 3. The minimum absolute atomic E-state index is 0.0354. The number of halogens is 1. The lowest BCUT2D eigenvalue weighted by atomic mass is 10.0. The Morgan fingerprint density at radius 1 is 1.17 bits per heavy atom. The number of carbonyl (C=O) groups is 1. The van der Waals surface area contributed by atoms with Crippen molar-refractivity contribution in [1.82, 2.24) is 14.8 Å². The highest BCUT2D eigenvalue weighted by Crippen LogP contribution is 2.32. The zero-order chi connectivity index (χ0) is 24.9. The topological polar surface area (TPSA) is 116 Å². The van der Waals surface area contributed by atoms with Crippen LogP contribution in [0.25, 0.3) is 33.2 Å². The van der Waals surface area contributed by atoms with Crippen LogP contribution in [0.1, 0.15) is 34.6 Å². The third-order valence-corrected chi connectivity index (χ3v) is 6.05. The highest BCUT2D eigenvalue weighted by molar-refractivity contribution is 6.29. The van der Waals surface area contributed by atoms with Crippen molar-refractivity contribution >= 4 is 45.1 Å². The zero-order valence-electron chi connectivity index (χ0n) is 19.3. The summed E-state index contributed by atoms with van der Waals surface area (Å²) in [5.41, 5.74) is 9.57. The van der Waals surface area contributed by atoms with E-state index in [4.69, 9.17) is 21.8 Å². The van der Waals surface area contributed by atoms with Crippen LogP contribution in [0.2, 0.25) is 5.15 Å². The Kier molecular flexibility index (Phi) is 5.53. The predicted octanol–water partition coefficient (Wildman–Crippen LogP) is 4.98. The standard InChI is InChI=1S/C26H22ClN5O3/c1-13-8-17(14(2)29-20-6-7-23(27)30-24(20)26(28)34)25-18(9-13)21(33)11-22(35-25)15-4-5-19-16(10-15)12-32(3)31-19/h4-12,14,29H,1-3H3,(H2,28,34). The molecule has 0 saturated heterocycles. The van der Waals surface area contributed by atoms with Crippen molar-refractivity contribution in [1.29, 1.82) is 0 Å². The normalized spacial score (nSPS) is 12.2. The van der Waals surface area contributed by atoms with Crippen molar-refractivity contribution in [2.45, 2.75) is 19.9 Å². The number of pyridine rings is 1. The maximum atomic E-state index is 13.1. The fourth-order valence-electron chi connectivity index (χ4n) is 4.25. The van der Waals surface area contributed by atoms with Crippen LogP contribution in [0.5, 0.6) is 0 Å². The first-order valence-corrected chi connectivity index (χ1v) is 11.3. The second-order valence-corrected chi connectivity index (χ2v) is 8.93. The lowest BCUT2D eigenvalue weighted by Gasteiger charge is -2.19. The van der Waals surface area contributed by atoms with Crippen molar-refractivity contribution in [3.63, 3.8) is 0 Å². The van der Waals surface area contributed by atoms with Gasteiger partial charge in [-0.15, -0.1) is 0 Å². The minimum atomic E-state index is -0.698. The molecule has 1 unspecified atom stereocenters. The Bertz CT molecular complexity index is 1690. The van der Waals surface area contributed by atoms with Gasteiger partial charge in [-0.25, -0.2) is 4.98 Å². The van der Waals surface area contributed by atoms with E-state index in [1.165, 1.54) is 6.07 Å². The maximum absolute atomic E-state index is 13.1. The van der Waals surface area contributed by atoms with Crippen molar-refractivity contribution in [3.05, 3.63) is 86.9 Å². The summed E-state index contributed by atoms with van der Waals surface area (Å²) in [6.45, 7) is 3.82. The van der Waals surface area contributed by atoms with E-state index in [1.807, 2.05) is 57.4 Å². The average molecular weight is 488 g/mol. The number of benzene rings is 2. The fourth-order valence-corrected chi connectivity index (χ4v) is 4.40. The van der Waals surface area contributed by atoms with Crippen LogP contribution in [0.15, 0.2) is 63.9 Å². The Labute approximate surface area is 205 Å². The van der Waals surface area contributed by atoms with E-state index in [0.717, 1.165) is 27.6 Å². The van der Waals surface area contributed by atoms with E-state index in [9.17, 15) is 9.59 Å². The molecule has 3 N–H and O–H groups in total. The SMILES string of the molecule is Cc1cc(C(C)Nc2ccc(Cl)nc2C(N)=O)c2oc(-c3ccc4nn(C)cc4c3)cc(=O)c2c1. The van der Waals surface area contributed by atoms with E-state index < -0.39 is 5.91 Å². The Morgan fingerprint density at radius 2 is 1.97 bits per heavy atom. The van der Waals surface area contributed by atoms with Gasteiger partial charge in [0.1, 0.15) is 16.5 Å². The largest absolute Gasteiger partial charge is 0.455 e. The summed E-state index contributed by atoms with van der Waals surface area (Å²) in [5.74, 6) is -0.243. The first-order valence-electron chi connectivity index (χ1n) is 10.9. The van der Waals surface area contributed by atoms with Gasteiger partial charge in [0.15, 0.2) is 11.1 Å². The van der Waals surface area contributed by atoms with Crippen LogP contribution in [-0.4, -0.2) is 20.7 Å². The number of nitrogens with one attached hydrogen (secondary N) is 1. The smallest absolute Gasteiger partial charge is 0.269 e. The summed E-state index contributed by atoms with van der Waals surface area (Å²) in [4.78, 5) is 29.1. The molecular formula is C26H22ClN5O3. The van der Waals surface area contributed by atoms with Gasteiger partial charge in [0, 0.05) is 35.8 Å². The minimum Gasteiger partial charge on any atom is -0.455 e. The molecule has 1 atom stereocenters. The molecule has 5 rings (SSSR count). The molecule has 0 bridgehead atoms. The molecule has 5 aromatic rings.